The number of amides is 3. The SMILES string of the molecule is C[C@@H]1[C@H](c2c(F)ccc(F)c2F)C[C@H](n2c(C(N)=O)cc3c2CCC2(C3)C(=O)Nc3ncccc32)C(=O)N1CC(F)(F)F. The smallest absolute Gasteiger partial charge is 0.364 e. The lowest BCUT2D eigenvalue weighted by molar-refractivity contribution is -0.172. The van der Waals surface area contributed by atoms with Crippen LogP contribution in [0.1, 0.15) is 64.6 Å². The number of hydrogen-bond acceptors (Lipinski definition) is 4. The molecule has 8 nitrogen and oxygen atoms in total. The second kappa shape index (κ2) is 9.85. The van der Waals surface area contributed by atoms with E-state index in [2.05, 4.69) is 10.3 Å². The second-order valence-electron chi connectivity index (χ2n) is 11.3. The summed E-state index contributed by atoms with van der Waals surface area (Å²) in [6.07, 6.45) is -3.37. The Balaban J connectivity index is 1.48. The van der Waals surface area contributed by atoms with Gasteiger partial charge in [-0.1, -0.05) is 6.07 Å². The highest BCUT2D eigenvalue weighted by Crippen LogP contribution is 2.48. The Morgan fingerprint density at radius 2 is 1.88 bits per heavy atom. The van der Waals surface area contributed by atoms with E-state index in [0.29, 0.717) is 39.7 Å². The molecule has 3 aromatic rings. The molecular formula is C29H25F6N5O3. The van der Waals surface area contributed by atoms with Crippen molar-refractivity contribution in [2.45, 2.75) is 62.2 Å². The minimum absolute atomic E-state index is 0.0836. The fraction of sp³-hybridized carbons (Fsp3) is 0.379. The number of carbonyl (C=O) groups is 3. The van der Waals surface area contributed by atoms with Gasteiger partial charge in [0, 0.05) is 35.0 Å². The van der Waals surface area contributed by atoms with Crippen molar-refractivity contribution in [2.24, 2.45) is 5.73 Å². The number of fused-ring (bicyclic) bond motifs is 3. The molecule has 4 atom stereocenters. The molecule has 4 heterocycles. The first-order chi connectivity index (χ1) is 20.2. The van der Waals surface area contributed by atoms with Crippen LogP contribution in [0.15, 0.2) is 36.5 Å². The van der Waals surface area contributed by atoms with Gasteiger partial charge >= 0.3 is 6.18 Å². The van der Waals surface area contributed by atoms with Crippen LogP contribution in [0.2, 0.25) is 0 Å². The van der Waals surface area contributed by atoms with Crippen molar-refractivity contribution >= 4 is 23.5 Å². The molecule has 0 bridgehead atoms. The minimum Gasteiger partial charge on any atom is -0.364 e. The maximum absolute atomic E-state index is 15.0. The molecule has 1 aliphatic carbocycles. The average molecular weight is 606 g/mol. The van der Waals surface area contributed by atoms with Gasteiger partial charge in [0.05, 0.1) is 5.41 Å². The molecule has 0 saturated carbocycles. The monoisotopic (exact) mass is 605 g/mol. The summed E-state index contributed by atoms with van der Waals surface area (Å²) >= 11 is 0. The van der Waals surface area contributed by atoms with Crippen molar-refractivity contribution in [2.75, 3.05) is 11.9 Å². The van der Waals surface area contributed by atoms with Crippen molar-refractivity contribution in [1.82, 2.24) is 14.5 Å². The molecule has 1 fully saturated rings. The number of anilines is 1. The second-order valence-corrected chi connectivity index (χ2v) is 11.3. The number of nitrogens with two attached hydrogens (primary N) is 1. The third-order valence-electron chi connectivity index (χ3n) is 8.99. The van der Waals surface area contributed by atoms with Crippen LogP contribution < -0.4 is 11.1 Å². The Bertz CT molecular complexity index is 1690. The lowest BCUT2D eigenvalue weighted by atomic mass is 9.70. The number of aromatic nitrogens is 2. The maximum Gasteiger partial charge on any atom is 0.406 e. The summed E-state index contributed by atoms with van der Waals surface area (Å²) in [5, 5.41) is 2.76. The number of likely N-dealkylation sites (tertiary alicyclic amines) is 1. The molecular weight excluding hydrogens is 580 g/mol. The van der Waals surface area contributed by atoms with E-state index in [1.807, 2.05) is 0 Å². The molecule has 1 spiro atoms. The first kappa shape index (κ1) is 28.7. The van der Waals surface area contributed by atoms with Gasteiger partial charge in [-0.05, 0) is 62.4 Å². The number of nitrogens with one attached hydrogen (secondary N) is 1. The highest BCUT2D eigenvalue weighted by Gasteiger charge is 2.52. The number of carbonyl (C=O) groups excluding carboxylic acids is 3. The number of benzene rings is 1. The zero-order valence-electron chi connectivity index (χ0n) is 22.6. The van der Waals surface area contributed by atoms with Crippen molar-refractivity contribution in [3.8, 4) is 0 Å². The first-order valence-corrected chi connectivity index (χ1v) is 13.5. The lowest BCUT2D eigenvalue weighted by Gasteiger charge is -2.44. The fourth-order valence-corrected chi connectivity index (χ4v) is 7.03. The molecule has 3 amide bonds. The molecule has 226 valence electrons. The molecule has 2 aliphatic heterocycles. The van der Waals surface area contributed by atoms with Crippen LogP contribution in [0.3, 0.4) is 0 Å². The first-order valence-electron chi connectivity index (χ1n) is 13.5. The van der Waals surface area contributed by atoms with Gasteiger partial charge in [0.25, 0.3) is 5.91 Å². The number of piperidine rings is 1. The van der Waals surface area contributed by atoms with Crippen LogP contribution in [0.4, 0.5) is 32.2 Å². The van der Waals surface area contributed by atoms with E-state index in [0.717, 1.165) is 0 Å². The Kier molecular flexibility index (Phi) is 6.58. The summed E-state index contributed by atoms with van der Waals surface area (Å²) in [4.78, 5) is 44.3. The molecule has 3 N–H and O–H groups in total. The van der Waals surface area contributed by atoms with Crippen LogP contribution in [0, 0.1) is 17.5 Å². The van der Waals surface area contributed by atoms with Crippen LogP contribution in [0.25, 0.3) is 0 Å². The van der Waals surface area contributed by atoms with Gasteiger partial charge in [-0.15, -0.1) is 0 Å². The van der Waals surface area contributed by atoms with Crippen LogP contribution in [0.5, 0.6) is 0 Å². The molecule has 2 aromatic heterocycles. The van der Waals surface area contributed by atoms with Gasteiger partial charge in [0.15, 0.2) is 11.6 Å². The standard InChI is InChI=1S/C29H25F6N5O3/c1-13-15(22-17(30)4-5-18(31)23(22)32)10-21(26(42)39(13)12-29(33,34)35)40-19-6-7-28(11-14(19)9-20(40)24(36)41)16-3-2-8-37-25(16)38-27(28)43/h2-5,8-9,13,15,21H,6-7,10-12H2,1H3,(H2,36,41)(H,37,38,43)/t13-,15-,21+,28?/m1/s1. The summed E-state index contributed by atoms with van der Waals surface area (Å²) in [6.45, 7) is -0.524. The fourth-order valence-electron chi connectivity index (χ4n) is 7.03. The number of pyridine rings is 1. The molecule has 14 heteroatoms. The Labute approximate surface area is 240 Å². The average Bonchev–Trinajstić information content (AvgIpc) is 3.45. The number of alkyl halides is 3. The van der Waals surface area contributed by atoms with Crippen molar-refractivity contribution in [1.29, 1.82) is 0 Å². The zero-order chi connectivity index (χ0) is 31.0. The summed E-state index contributed by atoms with van der Waals surface area (Å²) in [6, 6.07) is 3.16. The van der Waals surface area contributed by atoms with Crippen LogP contribution >= 0.6 is 0 Å². The van der Waals surface area contributed by atoms with Gasteiger partial charge in [-0.3, -0.25) is 14.4 Å². The number of nitrogens with zero attached hydrogens (tertiary/aromatic N) is 3. The molecule has 1 aromatic carbocycles. The van der Waals surface area contributed by atoms with E-state index in [9.17, 15) is 40.7 Å². The number of rotatable bonds is 4. The van der Waals surface area contributed by atoms with Crippen LogP contribution in [-0.4, -0.2) is 50.9 Å². The van der Waals surface area contributed by atoms with E-state index >= 15 is 0 Å². The van der Waals surface area contributed by atoms with Crippen molar-refractivity contribution in [3.63, 3.8) is 0 Å². The molecule has 0 radical (unpaired) electrons. The van der Waals surface area contributed by atoms with Crippen molar-refractivity contribution in [3.05, 3.63) is 82.1 Å². The van der Waals surface area contributed by atoms with E-state index in [1.54, 1.807) is 12.1 Å². The van der Waals surface area contributed by atoms with E-state index in [4.69, 9.17) is 5.73 Å². The zero-order valence-corrected chi connectivity index (χ0v) is 22.6. The third-order valence-corrected chi connectivity index (χ3v) is 8.99. The summed E-state index contributed by atoms with van der Waals surface area (Å²) in [7, 11) is 0. The largest absolute Gasteiger partial charge is 0.406 e. The number of halogens is 6. The van der Waals surface area contributed by atoms with Gasteiger partial charge in [-0.25, -0.2) is 18.2 Å². The Morgan fingerprint density at radius 3 is 2.58 bits per heavy atom. The highest BCUT2D eigenvalue weighted by atomic mass is 19.4. The van der Waals surface area contributed by atoms with Gasteiger partial charge in [0.2, 0.25) is 11.8 Å². The molecule has 3 aliphatic rings. The lowest BCUT2D eigenvalue weighted by Crippen LogP contribution is -2.54. The topological polar surface area (TPSA) is 110 Å². The summed E-state index contributed by atoms with van der Waals surface area (Å²) in [5.41, 5.74) is 5.16. The summed E-state index contributed by atoms with van der Waals surface area (Å²) in [5.74, 6) is -7.49. The molecule has 1 unspecified atom stereocenters. The van der Waals surface area contributed by atoms with E-state index in [1.165, 1.54) is 23.8 Å². The normalized spacial score (nSPS) is 25.1. The van der Waals surface area contributed by atoms with E-state index in [-0.39, 0.29) is 30.9 Å². The predicted molar refractivity (Wildman–Crippen MR) is 139 cm³/mol. The highest BCUT2D eigenvalue weighted by molar-refractivity contribution is 6.05. The number of hydrogen-bond donors (Lipinski definition) is 2. The quantitative estimate of drug-likeness (QED) is 0.342. The predicted octanol–water partition coefficient (Wildman–Crippen LogP) is 4.29. The van der Waals surface area contributed by atoms with E-state index < -0.39 is 77.4 Å². The third kappa shape index (κ3) is 4.45. The maximum atomic E-state index is 15.0. The molecule has 43 heavy (non-hydrogen) atoms. The van der Waals surface area contributed by atoms with Gasteiger partial charge in [-0.2, -0.15) is 13.2 Å². The van der Waals surface area contributed by atoms with Gasteiger partial charge < -0.3 is 20.5 Å². The van der Waals surface area contributed by atoms with Crippen molar-refractivity contribution < 1.29 is 40.7 Å². The Morgan fingerprint density at radius 1 is 1.16 bits per heavy atom. The number of primary amides is 1. The molecule has 1 saturated heterocycles. The van der Waals surface area contributed by atoms with Crippen LogP contribution in [-0.2, 0) is 27.8 Å². The van der Waals surface area contributed by atoms with Gasteiger partial charge in [0.1, 0.15) is 29.9 Å². The Hall–Kier alpha value is -4.36. The molecule has 6 rings (SSSR count). The summed E-state index contributed by atoms with van der Waals surface area (Å²) < 4.78 is 86.5. The minimum atomic E-state index is -4.87.